The minimum Gasteiger partial charge on any atom is -0.310 e. The molecule has 1 heterocycles. The molecule has 1 aromatic heterocycles. The van der Waals surface area contributed by atoms with E-state index in [2.05, 4.69) is 236 Å². The molecular weight excluding hydrogens is 707 g/mol. The summed E-state index contributed by atoms with van der Waals surface area (Å²) in [7, 11) is 0. The number of allylic oxidation sites excluding steroid dienone is 9. The fourth-order valence-electron chi connectivity index (χ4n) is 7.30. The van der Waals surface area contributed by atoms with Crippen LogP contribution in [-0.4, -0.2) is 0 Å². The predicted molar refractivity (Wildman–Crippen MR) is 251 cm³/mol. The molecule has 0 spiro atoms. The van der Waals surface area contributed by atoms with Crippen molar-refractivity contribution in [2.24, 2.45) is 0 Å². The summed E-state index contributed by atoms with van der Waals surface area (Å²) in [6.45, 7) is 4.23. The molecule has 8 rings (SSSR count). The average molecular weight is 752 g/mol. The molecular formula is C55H45NS. The van der Waals surface area contributed by atoms with Gasteiger partial charge in [0.2, 0.25) is 0 Å². The smallest absolute Gasteiger partial charge is 0.0464 e. The van der Waals surface area contributed by atoms with Crippen LogP contribution in [0.25, 0.3) is 48.5 Å². The van der Waals surface area contributed by atoms with E-state index in [1.54, 1.807) is 0 Å². The molecule has 0 amide bonds. The van der Waals surface area contributed by atoms with Gasteiger partial charge in [0.1, 0.15) is 0 Å². The van der Waals surface area contributed by atoms with Gasteiger partial charge in [-0.15, -0.1) is 11.3 Å². The van der Waals surface area contributed by atoms with E-state index in [9.17, 15) is 0 Å². The van der Waals surface area contributed by atoms with Crippen LogP contribution in [0, 0.1) is 0 Å². The number of fused-ring (bicyclic) bond motifs is 3. The Morgan fingerprint density at radius 3 is 2.04 bits per heavy atom. The summed E-state index contributed by atoms with van der Waals surface area (Å²) in [5.74, 6) is 0. The zero-order valence-electron chi connectivity index (χ0n) is 32.4. The van der Waals surface area contributed by atoms with E-state index in [1.807, 2.05) is 18.3 Å². The Morgan fingerprint density at radius 1 is 0.579 bits per heavy atom. The summed E-state index contributed by atoms with van der Waals surface area (Å²) in [5, 5.41) is 2.64. The number of hydrogen-bond donors (Lipinski definition) is 0. The van der Waals surface area contributed by atoms with E-state index in [0.29, 0.717) is 0 Å². The quantitative estimate of drug-likeness (QED) is 0.112. The van der Waals surface area contributed by atoms with Crippen LogP contribution in [0.2, 0.25) is 0 Å². The maximum Gasteiger partial charge on any atom is 0.0464 e. The van der Waals surface area contributed by atoms with Gasteiger partial charge in [0, 0.05) is 37.2 Å². The van der Waals surface area contributed by atoms with Gasteiger partial charge in [-0.05, 0) is 107 Å². The minimum atomic E-state index is 0.862. The summed E-state index contributed by atoms with van der Waals surface area (Å²) >= 11 is 1.87. The number of nitrogens with zero attached hydrogens (tertiary/aromatic N) is 1. The standard InChI is InChI=1S/C55H45NS/c1-3-4-5-8-20-43-22-16-26-50(40-43)56(49-37-33-46(34-38-49)51-28-17-29-53-52-27-13-14-30-54(52)57-55(51)53)48-35-31-45(32-36-48)47(25-15-21-42-18-9-6-10-19-42)39-41(2)44-23-11-7-12-24-44/h3-19,21-40H,20H2,1-2H3/b4-3-,8-5-,21-15+,41-39+,47-25+. The van der Waals surface area contributed by atoms with Gasteiger partial charge in [-0.1, -0.05) is 182 Å². The molecule has 0 unspecified atom stereocenters. The van der Waals surface area contributed by atoms with Gasteiger partial charge >= 0.3 is 0 Å². The Morgan fingerprint density at radius 2 is 1.26 bits per heavy atom. The van der Waals surface area contributed by atoms with Gasteiger partial charge in [-0.25, -0.2) is 0 Å². The molecule has 57 heavy (non-hydrogen) atoms. The summed E-state index contributed by atoms with van der Waals surface area (Å²) in [5.41, 5.74) is 13.0. The van der Waals surface area contributed by atoms with Crippen molar-refractivity contribution >= 4 is 65.8 Å². The third-order valence-electron chi connectivity index (χ3n) is 10.2. The lowest BCUT2D eigenvalue weighted by molar-refractivity contribution is 1.23. The molecule has 2 heteroatoms. The lowest BCUT2D eigenvalue weighted by Gasteiger charge is -2.26. The van der Waals surface area contributed by atoms with Crippen molar-refractivity contribution in [2.75, 3.05) is 4.90 Å². The Bertz CT molecular complexity index is 2740. The molecule has 0 fully saturated rings. The Kier molecular flexibility index (Phi) is 11.6. The molecule has 0 saturated heterocycles. The molecule has 0 atom stereocenters. The van der Waals surface area contributed by atoms with E-state index < -0.39 is 0 Å². The van der Waals surface area contributed by atoms with Crippen LogP contribution in [0.3, 0.4) is 0 Å². The van der Waals surface area contributed by atoms with Crippen LogP contribution >= 0.6 is 11.3 Å². The first kappa shape index (κ1) is 37.2. The number of hydrogen-bond acceptors (Lipinski definition) is 2. The lowest BCUT2D eigenvalue weighted by Crippen LogP contribution is -2.10. The summed E-state index contributed by atoms with van der Waals surface area (Å²) in [4.78, 5) is 2.37. The highest BCUT2D eigenvalue weighted by molar-refractivity contribution is 7.26. The van der Waals surface area contributed by atoms with Crippen molar-refractivity contribution in [2.45, 2.75) is 20.3 Å². The zero-order valence-corrected chi connectivity index (χ0v) is 33.2. The van der Waals surface area contributed by atoms with Crippen molar-refractivity contribution < 1.29 is 0 Å². The normalized spacial score (nSPS) is 12.5. The van der Waals surface area contributed by atoms with Crippen molar-refractivity contribution in [3.63, 3.8) is 0 Å². The largest absolute Gasteiger partial charge is 0.310 e. The van der Waals surface area contributed by atoms with E-state index in [4.69, 9.17) is 0 Å². The van der Waals surface area contributed by atoms with Gasteiger partial charge in [0.05, 0.1) is 0 Å². The molecule has 276 valence electrons. The fraction of sp³-hybridized carbons (Fsp3) is 0.0545. The van der Waals surface area contributed by atoms with Gasteiger partial charge in [0.15, 0.2) is 0 Å². The third-order valence-corrected chi connectivity index (χ3v) is 11.4. The maximum absolute atomic E-state index is 2.37. The molecule has 0 bridgehead atoms. The number of anilines is 3. The van der Waals surface area contributed by atoms with E-state index in [-0.39, 0.29) is 0 Å². The minimum absolute atomic E-state index is 0.862. The molecule has 0 aliphatic heterocycles. The van der Waals surface area contributed by atoms with Crippen LogP contribution in [0.5, 0.6) is 0 Å². The molecule has 0 aliphatic carbocycles. The highest BCUT2D eigenvalue weighted by atomic mass is 32.1. The summed E-state index contributed by atoms with van der Waals surface area (Å²) in [6.07, 6.45) is 18.1. The van der Waals surface area contributed by atoms with Crippen LogP contribution in [0.15, 0.2) is 218 Å². The molecule has 7 aromatic carbocycles. The van der Waals surface area contributed by atoms with Gasteiger partial charge < -0.3 is 4.90 Å². The average Bonchev–Trinajstić information content (AvgIpc) is 3.65. The number of benzene rings is 7. The summed E-state index contributed by atoms with van der Waals surface area (Å²) < 4.78 is 2.65. The summed E-state index contributed by atoms with van der Waals surface area (Å²) in [6, 6.07) is 63.4. The molecule has 8 aromatic rings. The second-order valence-corrected chi connectivity index (χ2v) is 15.2. The van der Waals surface area contributed by atoms with Crippen molar-refractivity contribution in [3.05, 3.63) is 241 Å². The molecule has 0 radical (unpaired) electrons. The zero-order chi connectivity index (χ0) is 38.8. The highest BCUT2D eigenvalue weighted by Crippen LogP contribution is 2.41. The van der Waals surface area contributed by atoms with Gasteiger partial charge in [-0.3, -0.25) is 0 Å². The SMILES string of the molecule is C/C=C\C=C/Cc1cccc(N(c2ccc(C(/C=C(\C)c3ccccc3)=C/C=C/c3ccccc3)cc2)c2ccc(-c3cccc4c3sc3ccccc34)cc2)c1. The van der Waals surface area contributed by atoms with E-state index in [0.717, 1.165) is 34.6 Å². The van der Waals surface area contributed by atoms with Crippen LogP contribution in [0.1, 0.15) is 36.1 Å². The number of rotatable bonds is 12. The number of thiophene rings is 1. The topological polar surface area (TPSA) is 3.24 Å². The van der Waals surface area contributed by atoms with Crippen molar-refractivity contribution in [3.8, 4) is 11.1 Å². The first-order valence-electron chi connectivity index (χ1n) is 19.6. The van der Waals surface area contributed by atoms with Crippen LogP contribution in [0.4, 0.5) is 17.1 Å². The molecule has 0 N–H and O–H groups in total. The van der Waals surface area contributed by atoms with Gasteiger partial charge in [-0.2, -0.15) is 0 Å². The predicted octanol–water partition coefficient (Wildman–Crippen LogP) is 16.1. The Balaban J connectivity index is 1.17. The van der Waals surface area contributed by atoms with E-state index in [1.165, 1.54) is 53.6 Å². The first-order valence-corrected chi connectivity index (χ1v) is 20.4. The maximum atomic E-state index is 2.37. The molecule has 1 nitrogen and oxygen atoms in total. The molecule has 0 saturated carbocycles. The monoisotopic (exact) mass is 751 g/mol. The van der Waals surface area contributed by atoms with Crippen LogP contribution in [-0.2, 0) is 6.42 Å². The third kappa shape index (κ3) is 8.73. The van der Waals surface area contributed by atoms with Crippen LogP contribution < -0.4 is 4.90 Å². The second kappa shape index (κ2) is 17.8. The first-order chi connectivity index (χ1) is 28.1. The van der Waals surface area contributed by atoms with E-state index >= 15 is 0 Å². The Labute approximate surface area is 341 Å². The second-order valence-electron chi connectivity index (χ2n) is 14.1. The van der Waals surface area contributed by atoms with Crippen molar-refractivity contribution in [1.29, 1.82) is 0 Å². The Hall–Kier alpha value is -6.74. The lowest BCUT2D eigenvalue weighted by atomic mass is 9.98. The fourth-order valence-corrected chi connectivity index (χ4v) is 8.54. The highest BCUT2D eigenvalue weighted by Gasteiger charge is 2.15. The van der Waals surface area contributed by atoms with Crippen molar-refractivity contribution in [1.82, 2.24) is 0 Å². The molecule has 0 aliphatic rings. The van der Waals surface area contributed by atoms with Gasteiger partial charge in [0.25, 0.3) is 0 Å².